The molecule has 3 rings (SSSR count). The van der Waals surface area contributed by atoms with Crippen molar-refractivity contribution in [2.45, 2.75) is 32.5 Å². The van der Waals surface area contributed by atoms with Crippen LogP contribution in [0, 0.1) is 12.1 Å². The number of benzene rings is 2. The molecule has 1 fully saturated rings. The van der Waals surface area contributed by atoms with Crippen molar-refractivity contribution in [2.75, 3.05) is 0 Å². The molecule has 0 aromatic heterocycles. The van der Waals surface area contributed by atoms with Gasteiger partial charge < -0.3 is 5.21 Å². The second-order valence-electron chi connectivity index (χ2n) is 6.14. The molecule has 4 nitrogen and oxygen atoms in total. The summed E-state index contributed by atoms with van der Waals surface area (Å²) in [7, 11) is 0. The van der Waals surface area contributed by atoms with Crippen LogP contribution in [0.15, 0.2) is 53.0 Å². The van der Waals surface area contributed by atoms with Gasteiger partial charge in [-0.3, -0.25) is 0 Å². The van der Waals surface area contributed by atoms with Gasteiger partial charge in [-0.15, -0.1) is 0 Å². The van der Waals surface area contributed by atoms with E-state index in [1.54, 1.807) is 0 Å². The number of halogens is 1. The van der Waals surface area contributed by atoms with E-state index in [-0.39, 0.29) is 0 Å². The van der Waals surface area contributed by atoms with Crippen molar-refractivity contribution in [1.82, 2.24) is 0 Å². The molecule has 1 aliphatic heterocycles. The lowest BCUT2D eigenvalue weighted by atomic mass is 9.94. The van der Waals surface area contributed by atoms with Crippen molar-refractivity contribution in [3.8, 4) is 0 Å². The van der Waals surface area contributed by atoms with Gasteiger partial charge in [-0.25, -0.2) is 9.78 Å². The number of hydrogen-bond acceptors (Lipinski definition) is 3. The van der Waals surface area contributed by atoms with Gasteiger partial charge in [0.1, 0.15) is 0 Å². The molecule has 120 valence electrons. The highest BCUT2D eigenvalue weighted by atomic mass is 79.9. The second kappa shape index (κ2) is 6.07. The zero-order valence-electron chi connectivity index (χ0n) is 13.2. The van der Waals surface area contributed by atoms with Gasteiger partial charge in [0.15, 0.2) is 5.60 Å². The van der Waals surface area contributed by atoms with Gasteiger partial charge in [-0.1, -0.05) is 45.8 Å². The first-order valence-corrected chi connectivity index (χ1v) is 8.19. The Morgan fingerprint density at radius 1 is 1.04 bits per heavy atom. The average molecular weight is 376 g/mol. The minimum Gasteiger partial charge on any atom is -0.618 e. The molecule has 0 amide bonds. The largest absolute Gasteiger partial charge is 0.618 e. The SMILES string of the molecule is Cc1ccc(/[N+]([O-])=C2/C(c3ccc(Br)cc3)OOC2(C)C)cc1. The molecule has 2 aromatic carbocycles. The Labute approximate surface area is 144 Å². The van der Waals surface area contributed by atoms with Gasteiger partial charge in [-0.2, -0.15) is 4.74 Å². The van der Waals surface area contributed by atoms with Gasteiger partial charge in [-0.05, 0) is 38.5 Å². The third-order valence-electron chi connectivity index (χ3n) is 3.88. The quantitative estimate of drug-likeness (QED) is 0.327. The predicted molar refractivity (Wildman–Crippen MR) is 92.6 cm³/mol. The molecule has 0 saturated carbocycles. The van der Waals surface area contributed by atoms with Crippen LogP contribution in [0.1, 0.15) is 31.1 Å². The fourth-order valence-electron chi connectivity index (χ4n) is 2.59. The normalized spacial score (nSPS) is 22.2. The van der Waals surface area contributed by atoms with Gasteiger partial charge in [0, 0.05) is 16.6 Å². The Hall–Kier alpha value is -1.69. The Balaban J connectivity index is 2.09. The van der Waals surface area contributed by atoms with E-state index < -0.39 is 11.7 Å². The highest BCUT2D eigenvalue weighted by molar-refractivity contribution is 9.10. The van der Waals surface area contributed by atoms with Crippen LogP contribution in [-0.2, 0) is 9.78 Å². The molecule has 0 bridgehead atoms. The lowest BCUT2D eigenvalue weighted by Gasteiger charge is -2.17. The monoisotopic (exact) mass is 375 g/mol. The third kappa shape index (κ3) is 3.17. The average Bonchev–Trinajstić information content (AvgIpc) is 2.83. The van der Waals surface area contributed by atoms with E-state index in [1.807, 2.05) is 69.3 Å². The molecule has 0 radical (unpaired) electrons. The molecule has 5 heteroatoms. The van der Waals surface area contributed by atoms with Crippen LogP contribution in [0.4, 0.5) is 5.69 Å². The second-order valence-corrected chi connectivity index (χ2v) is 7.05. The maximum atomic E-state index is 12.9. The highest BCUT2D eigenvalue weighted by Crippen LogP contribution is 2.36. The number of aryl methyl sites for hydroxylation is 1. The fraction of sp³-hybridized carbons (Fsp3) is 0.278. The number of rotatable bonds is 2. The number of hydrogen-bond donors (Lipinski definition) is 0. The van der Waals surface area contributed by atoms with E-state index in [0.29, 0.717) is 11.4 Å². The maximum Gasteiger partial charge on any atom is 0.241 e. The first-order chi connectivity index (χ1) is 10.9. The Kier molecular flexibility index (Phi) is 4.27. The Morgan fingerprint density at radius 3 is 2.26 bits per heavy atom. The van der Waals surface area contributed by atoms with Crippen LogP contribution in [0.5, 0.6) is 0 Å². The van der Waals surface area contributed by atoms with Crippen molar-refractivity contribution in [3.63, 3.8) is 0 Å². The fourth-order valence-corrected chi connectivity index (χ4v) is 2.86. The molecule has 1 atom stereocenters. The van der Waals surface area contributed by atoms with E-state index in [2.05, 4.69) is 15.9 Å². The summed E-state index contributed by atoms with van der Waals surface area (Å²) in [6.07, 6.45) is -0.531. The molecule has 23 heavy (non-hydrogen) atoms. The van der Waals surface area contributed by atoms with E-state index in [1.165, 1.54) is 0 Å². The van der Waals surface area contributed by atoms with Crippen LogP contribution in [0.2, 0.25) is 0 Å². The summed E-state index contributed by atoms with van der Waals surface area (Å²) < 4.78 is 1.89. The molecule has 0 spiro atoms. The molecule has 0 N–H and O–H groups in total. The summed E-state index contributed by atoms with van der Waals surface area (Å²) in [6.45, 7) is 5.66. The first kappa shape index (κ1) is 16.2. The molecule has 1 aliphatic rings. The Bertz CT molecular complexity index is 736. The van der Waals surface area contributed by atoms with Crippen LogP contribution >= 0.6 is 15.9 Å². The Morgan fingerprint density at radius 2 is 1.65 bits per heavy atom. The minimum atomic E-state index is -0.801. The minimum absolute atomic E-state index is 0.531. The van der Waals surface area contributed by atoms with Crippen molar-refractivity contribution >= 4 is 27.3 Å². The molecule has 1 unspecified atom stereocenters. The van der Waals surface area contributed by atoms with Crippen molar-refractivity contribution < 1.29 is 14.5 Å². The third-order valence-corrected chi connectivity index (χ3v) is 4.41. The summed E-state index contributed by atoms with van der Waals surface area (Å²) in [4.78, 5) is 10.9. The smallest absolute Gasteiger partial charge is 0.241 e. The summed E-state index contributed by atoms with van der Waals surface area (Å²) >= 11 is 3.41. The van der Waals surface area contributed by atoms with Gasteiger partial charge in [0.25, 0.3) is 0 Å². The zero-order valence-corrected chi connectivity index (χ0v) is 14.8. The van der Waals surface area contributed by atoms with Crippen LogP contribution in [-0.4, -0.2) is 16.1 Å². The van der Waals surface area contributed by atoms with E-state index in [9.17, 15) is 5.21 Å². The molecular weight excluding hydrogens is 358 g/mol. The molecule has 2 aromatic rings. The summed E-state index contributed by atoms with van der Waals surface area (Å²) in [5.74, 6) is 0. The van der Waals surface area contributed by atoms with Gasteiger partial charge in [0.2, 0.25) is 17.5 Å². The predicted octanol–water partition coefficient (Wildman–Crippen LogP) is 4.82. The van der Waals surface area contributed by atoms with Gasteiger partial charge >= 0.3 is 0 Å². The summed E-state index contributed by atoms with van der Waals surface area (Å²) in [6, 6.07) is 15.1. The lowest BCUT2D eigenvalue weighted by Crippen LogP contribution is -2.35. The maximum absolute atomic E-state index is 12.9. The molecular formula is C18H18BrNO3. The van der Waals surface area contributed by atoms with E-state index in [4.69, 9.17) is 9.78 Å². The van der Waals surface area contributed by atoms with Gasteiger partial charge in [0.05, 0.1) is 0 Å². The van der Waals surface area contributed by atoms with Crippen molar-refractivity contribution in [2.24, 2.45) is 0 Å². The highest BCUT2D eigenvalue weighted by Gasteiger charge is 2.49. The molecule has 1 heterocycles. The topological polar surface area (TPSA) is 44.5 Å². The van der Waals surface area contributed by atoms with E-state index in [0.717, 1.165) is 20.3 Å². The van der Waals surface area contributed by atoms with Crippen molar-refractivity contribution in [1.29, 1.82) is 0 Å². The van der Waals surface area contributed by atoms with Crippen LogP contribution in [0.3, 0.4) is 0 Å². The number of nitrogens with zero attached hydrogens (tertiary/aromatic N) is 1. The standard InChI is InChI=1S/C18H18BrNO3/c1-12-4-10-15(11-5-12)20(21)17-16(22-23-18(17,2)3)13-6-8-14(19)9-7-13/h4-11,16H,1-3H3/b20-17+. The van der Waals surface area contributed by atoms with Crippen molar-refractivity contribution in [3.05, 3.63) is 69.3 Å². The summed E-state index contributed by atoms with van der Waals surface area (Å²) in [5, 5.41) is 12.9. The van der Waals surface area contributed by atoms with E-state index >= 15 is 0 Å². The lowest BCUT2D eigenvalue weighted by molar-refractivity contribution is -0.367. The van der Waals surface area contributed by atoms with Crippen LogP contribution in [0.25, 0.3) is 0 Å². The summed E-state index contributed by atoms with van der Waals surface area (Å²) in [5.41, 5.74) is 2.28. The first-order valence-electron chi connectivity index (χ1n) is 7.40. The molecule has 0 aliphatic carbocycles. The molecule has 1 saturated heterocycles. The zero-order chi connectivity index (χ0) is 16.6. The van der Waals surface area contributed by atoms with Crippen LogP contribution < -0.4 is 0 Å².